The molecule has 0 bridgehead atoms. The number of amides is 3. The van der Waals surface area contributed by atoms with E-state index < -0.39 is 0 Å². The SMILES string of the molecule is CN(C)C(=O)c1ccc(NC(=O)CN2CCC(NC(=O)c3ccc(F)cc3)CC2)cc1. The lowest BCUT2D eigenvalue weighted by Crippen LogP contribution is -2.46. The number of anilines is 1. The highest BCUT2D eigenvalue weighted by Gasteiger charge is 2.22. The van der Waals surface area contributed by atoms with Crippen LogP contribution in [0.25, 0.3) is 0 Å². The Labute approximate surface area is 181 Å². The fourth-order valence-electron chi connectivity index (χ4n) is 3.46. The summed E-state index contributed by atoms with van der Waals surface area (Å²) in [5.41, 5.74) is 1.64. The number of rotatable bonds is 6. The first kappa shape index (κ1) is 22.4. The molecule has 0 unspecified atom stereocenters. The maximum atomic E-state index is 13.0. The Morgan fingerprint density at radius 2 is 1.55 bits per heavy atom. The number of halogens is 1. The van der Waals surface area contributed by atoms with Crippen molar-refractivity contribution in [3.8, 4) is 0 Å². The smallest absolute Gasteiger partial charge is 0.253 e. The zero-order valence-corrected chi connectivity index (χ0v) is 17.7. The molecule has 3 rings (SSSR count). The molecule has 1 saturated heterocycles. The van der Waals surface area contributed by atoms with Crippen LogP contribution in [0.5, 0.6) is 0 Å². The van der Waals surface area contributed by atoms with E-state index in [9.17, 15) is 18.8 Å². The number of hydrogen-bond donors (Lipinski definition) is 2. The number of nitrogens with one attached hydrogen (secondary N) is 2. The molecular formula is C23H27FN4O3. The molecule has 0 aromatic heterocycles. The summed E-state index contributed by atoms with van der Waals surface area (Å²) in [7, 11) is 3.38. The summed E-state index contributed by atoms with van der Waals surface area (Å²) in [6.07, 6.45) is 1.48. The lowest BCUT2D eigenvalue weighted by atomic mass is 10.0. The van der Waals surface area contributed by atoms with Gasteiger partial charge in [0.15, 0.2) is 0 Å². The van der Waals surface area contributed by atoms with Gasteiger partial charge < -0.3 is 15.5 Å². The lowest BCUT2D eigenvalue weighted by molar-refractivity contribution is -0.117. The van der Waals surface area contributed by atoms with E-state index in [0.29, 0.717) is 29.9 Å². The molecule has 3 amide bonds. The van der Waals surface area contributed by atoms with Crippen LogP contribution in [0.2, 0.25) is 0 Å². The maximum Gasteiger partial charge on any atom is 0.253 e. The molecule has 0 atom stereocenters. The van der Waals surface area contributed by atoms with E-state index in [4.69, 9.17) is 0 Å². The van der Waals surface area contributed by atoms with Crippen LogP contribution in [-0.2, 0) is 4.79 Å². The molecular weight excluding hydrogens is 399 g/mol. The number of benzene rings is 2. The minimum Gasteiger partial charge on any atom is -0.349 e. The first-order valence-electron chi connectivity index (χ1n) is 10.2. The van der Waals surface area contributed by atoms with Crippen LogP contribution < -0.4 is 10.6 Å². The van der Waals surface area contributed by atoms with Crippen LogP contribution in [-0.4, -0.2) is 67.3 Å². The van der Waals surface area contributed by atoms with Crippen LogP contribution in [0.3, 0.4) is 0 Å². The van der Waals surface area contributed by atoms with Gasteiger partial charge in [-0.15, -0.1) is 0 Å². The van der Waals surface area contributed by atoms with Gasteiger partial charge in [0.05, 0.1) is 6.54 Å². The zero-order valence-electron chi connectivity index (χ0n) is 17.7. The predicted molar refractivity (Wildman–Crippen MR) is 116 cm³/mol. The largest absolute Gasteiger partial charge is 0.349 e. The molecule has 1 aliphatic heterocycles. The lowest BCUT2D eigenvalue weighted by Gasteiger charge is -2.31. The fraction of sp³-hybridized carbons (Fsp3) is 0.348. The van der Waals surface area contributed by atoms with Crippen molar-refractivity contribution in [1.29, 1.82) is 0 Å². The fourth-order valence-corrected chi connectivity index (χ4v) is 3.46. The van der Waals surface area contributed by atoms with Crippen LogP contribution in [0.4, 0.5) is 10.1 Å². The highest BCUT2D eigenvalue weighted by molar-refractivity contribution is 5.96. The van der Waals surface area contributed by atoms with Gasteiger partial charge in [0.2, 0.25) is 5.91 Å². The van der Waals surface area contributed by atoms with Gasteiger partial charge >= 0.3 is 0 Å². The number of nitrogens with zero attached hydrogens (tertiary/aromatic N) is 2. The van der Waals surface area contributed by atoms with Crippen LogP contribution in [0.1, 0.15) is 33.6 Å². The summed E-state index contributed by atoms with van der Waals surface area (Å²) in [6.45, 7) is 1.65. The third kappa shape index (κ3) is 6.36. The van der Waals surface area contributed by atoms with Crippen molar-refractivity contribution in [3.63, 3.8) is 0 Å². The highest BCUT2D eigenvalue weighted by atomic mass is 19.1. The van der Waals surface area contributed by atoms with Crippen molar-refractivity contribution >= 4 is 23.4 Å². The molecule has 1 heterocycles. The summed E-state index contributed by atoms with van der Waals surface area (Å²) in [6, 6.07) is 12.3. The van der Waals surface area contributed by atoms with Gasteiger partial charge in [-0.2, -0.15) is 0 Å². The zero-order chi connectivity index (χ0) is 22.4. The number of hydrogen-bond acceptors (Lipinski definition) is 4. The first-order chi connectivity index (χ1) is 14.8. The van der Waals surface area contributed by atoms with E-state index >= 15 is 0 Å². The Morgan fingerprint density at radius 3 is 2.13 bits per heavy atom. The average molecular weight is 426 g/mol. The van der Waals surface area contributed by atoms with Gasteiger partial charge in [-0.05, 0) is 61.4 Å². The second-order valence-electron chi connectivity index (χ2n) is 7.86. The molecule has 0 aliphatic carbocycles. The van der Waals surface area contributed by atoms with Crippen molar-refractivity contribution in [1.82, 2.24) is 15.1 Å². The second kappa shape index (κ2) is 10.2. The summed E-state index contributed by atoms with van der Waals surface area (Å²) in [5, 5.41) is 5.82. The third-order valence-corrected chi connectivity index (χ3v) is 5.22. The van der Waals surface area contributed by atoms with Gasteiger partial charge in [0, 0.05) is 50.0 Å². The maximum absolute atomic E-state index is 13.0. The molecule has 2 N–H and O–H groups in total. The van der Waals surface area contributed by atoms with Gasteiger partial charge in [0.1, 0.15) is 5.82 Å². The number of piperidine rings is 1. The van der Waals surface area contributed by atoms with Crippen molar-refractivity contribution in [3.05, 3.63) is 65.5 Å². The monoisotopic (exact) mass is 426 g/mol. The van der Waals surface area contributed by atoms with E-state index in [2.05, 4.69) is 10.6 Å². The molecule has 2 aromatic carbocycles. The highest BCUT2D eigenvalue weighted by Crippen LogP contribution is 2.14. The van der Waals surface area contributed by atoms with Gasteiger partial charge in [-0.25, -0.2) is 4.39 Å². The normalized spacial score (nSPS) is 14.7. The summed E-state index contributed by atoms with van der Waals surface area (Å²) in [4.78, 5) is 40.1. The van der Waals surface area contributed by atoms with Gasteiger partial charge in [0.25, 0.3) is 11.8 Å². The van der Waals surface area contributed by atoms with Gasteiger partial charge in [-0.1, -0.05) is 0 Å². The van der Waals surface area contributed by atoms with Gasteiger partial charge in [-0.3, -0.25) is 19.3 Å². The van der Waals surface area contributed by atoms with Crippen LogP contribution in [0, 0.1) is 5.82 Å². The minimum absolute atomic E-state index is 0.0265. The van der Waals surface area contributed by atoms with E-state index in [1.165, 1.54) is 29.2 Å². The molecule has 2 aromatic rings. The summed E-state index contributed by atoms with van der Waals surface area (Å²) >= 11 is 0. The van der Waals surface area contributed by atoms with Crippen LogP contribution >= 0.6 is 0 Å². The van der Waals surface area contributed by atoms with Crippen molar-refractivity contribution in [2.24, 2.45) is 0 Å². The standard InChI is InChI=1S/C23H27FN4O3/c1-27(2)23(31)17-5-9-19(10-6-17)25-21(29)15-28-13-11-20(12-14-28)26-22(30)16-3-7-18(24)8-4-16/h3-10,20H,11-15H2,1-2H3,(H,25,29)(H,26,30). The predicted octanol–water partition coefficient (Wildman–Crippen LogP) is 2.36. The number of carbonyl (C=O) groups is 3. The number of carbonyl (C=O) groups excluding carboxylic acids is 3. The molecule has 164 valence electrons. The molecule has 1 fully saturated rings. The molecule has 31 heavy (non-hydrogen) atoms. The summed E-state index contributed by atoms with van der Waals surface area (Å²) < 4.78 is 13.0. The topological polar surface area (TPSA) is 81.8 Å². The molecule has 7 nitrogen and oxygen atoms in total. The van der Waals surface area contributed by atoms with Crippen molar-refractivity contribution < 1.29 is 18.8 Å². The van der Waals surface area contributed by atoms with E-state index in [-0.39, 0.29) is 36.1 Å². The Bertz CT molecular complexity index is 921. The second-order valence-corrected chi connectivity index (χ2v) is 7.86. The van der Waals surface area contributed by atoms with E-state index in [1.807, 2.05) is 4.90 Å². The van der Waals surface area contributed by atoms with E-state index in [1.54, 1.807) is 38.4 Å². The average Bonchev–Trinajstić information content (AvgIpc) is 2.75. The molecule has 1 aliphatic rings. The molecule has 8 heteroatoms. The molecule has 0 saturated carbocycles. The Morgan fingerprint density at radius 1 is 0.968 bits per heavy atom. The Hall–Kier alpha value is -3.26. The number of likely N-dealkylation sites (tertiary alicyclic amines) is 1. The minimum atomic E-state index is -0.374. The molecule has 0 radical (unpaired) electrons. The van der Waals surface area contributed by atoms with Crippen LogP contribution in [0.15, 0.2) is 48.5 Å². The van der Waals surface area contributed by atoms with Crippen molar-refractivity contribution in [2.45, 2.75) is 18.9 Å². The Balaban J connectivity index is 1.42. The summed E-state index contributed by atoms with van der Waals surface area (Å²) in [5.74, 6) is -0.804. The van der Waals surface area contributed by atoms with E-state index in [0.717, 1.165) is 12.8 Å². The molecule has 0 spiro atoms. The quantitative estimate of drug-likeness (QED) is 0.743. The first-order valence-corrected chi connectivity index (χ1v) is 10.2. The Kier molecular flexibility index (Phi) is 7.36. The van der Waals surface area contributed by atoms with Crippen molar-refractivity contribution in [2.75, 3.05) is 39.0 Å². The third-order valence-electron chi connectivity index (χ3n) is 5.22.